The van der Waals surface area contributed by atoms with Gasteiger partial charge in [-0.2, -0.15) is 0 Å². The van der Waals surface area contributed by atoms with E-state index in [4.69, 9.17) is 5.11 Å². The second kappa shape index (κ2) is 3.11. The number of halogens is 2. The standard InChI is InChI=1S/C6H6Br2O2S/c1-6(8)2-3(7)11-4(6)5(9)10/h2,4H,1H3,(H,9,10). The van der Waals surface area contributed by atoms with Gasteiger partial charge in [-0.1, -0.05) is 15.9 Å². The van der Waals surface area contributed by atoms with Gasteiger partial charge in [-0.05, 0) is 28.9 Å². The monoisotopic (exact) mass is 300 g/mol. The molecule has 0 aromatic carbocycles. The summed E-state index contributed by atoms with van der Waals surface area (Å²) in [4.78, 5) is 10.7. The second-order valence-corrected chi connectivity index (χ2v) is 6.67. The fourth-order valence-corrected chi connectivity index (χ4v) is 3.99. The Morgan fingerprint density at radius 2 is 2.45 bits per heavy atom. The zero-order valence-corrected chi connectivity index (χ0v) is 9.66. The zero-order chi connectivity index (χ0) is 8.65. The molecule has 1 rings (SSSR count). The highest BCUT2D eigenvalue weighted by molar-refractivity contribution is 9.14. The SMILES string of the molecule is CC1(Br)C=C(Br)SC1C(=O)O. The first-order chi connectivity index (χ1) is 4.93. The lowest BCUT2D eigenvalue weighted by molar-refractivity contribution is -0.136. The lowest BCUT2D eigenvalue weighted by Gasteiger charge is -2.18. The van der Waals surface area contributed by atoms with E-state index in [0.717, 1.165) is 3.81 Å². The summed E-state index contributed by atoms with van der Waals surface area (Å²) in [6.07, 6.45) is 1.86. The Balaban J connectivity index is 2.84. The number of alkyl halides is 1. The largest absolute Gasteiger partial charge is 0.480 e. The van der Waals surface area contributed by atoms with Crippen LogP contribution in [-0.4, -0.2) is 20.7 Å². The molecule has 11 heavy (non-hydrogen) atoms. The Morgan fingerprint density at radius 1 is 1.91 bits per heavy atom. The molecule has 0 fully saturated rings. The topological polar surface area (TPSA) is 37.3 Å². The van der Waals surface area contributed by atoms with E-state index in [1.165, 1.54) is 11.8 Å². The molecule has 0 aromatic rings. The van der Waals surface area contributed by atoms with Crippen LogP contribution in [0, 0.1) is 0 Å². The van der Waals surface area contributed by atoms with E-state index in [-0.39, 0.29) is 0 Å². The van der Waals surface area contributed by atoms with Gasteiger partial charge in [-0.15, -0.1) is 11.8 Å². The van der Waals surface area contributed by atoms with Crippen LogP contribution in [0.25, 0.3) is 0 Å². The van der Waals surface area contributed by atoms with Gasteiger partial charge in [0.25, 0.3) is 0 Å². The van der Waals surface area contributed by atoms with Crippen molar-refractivity contribution >= 4 is 49.6 Å². The maximum Gasteiger partial charge on any atom is 0.318 e. The summed E-state index contributed by atoms with van der Waals surface area (Å²) in [6.45, 7) is 1.84. The number of carboxylic acid groups (broad SMARTS) is 1. The molecule has 1 heterocycles. The van der Waals surface area contributed by atoms with E-state index in [2.05, 4.69) is 31.9 Å². The third-order valence-corrected chi connectivity index (χ3v) is 4.41. The number of rotatable bonds is 1. The summed E-state index contributed by atoms with van der Waals surface area (Å²) in [6, 6.07) is 0. The predicted molar refractivity (Wildman–Crippen MR) is 53.4 cm³/mol. The average molecular weight is 302 g/mol. The molecule has 0 spiro atoms. The van der Waals surface area contributed by atoms with E-state index in [9.17, 15) is 4.79 Å². The van der Waals surface area contributed by atoms with Crippen molar-refractivity contribution in [1.82, 2.24) is 0 Å². The van der Waals surface area contributed by atoms with Crippen LogP contribution in [0.2, 0.25) is 0 Å². The van der Waals surface area contributed by atoms with Gasteiger partial charge in [-0.3, -0.25) is 4.79 Å². The molecule has 2 unspecified atom stereocenters. The van der Waals surface area contributed by atoms with E-state index >= 15 is 0 Å². The zero-order valence-electron chi connectivity index (χ0n) is 5.67. The fourth-order valence-electron chi connectivity index (χ4n) is 0.851. The van der Waals surface area contributed by atoms with Gasteiger partial charge >= 0.3 is 5.97 Å². The van der Waals surface area contributed by atoms with Crippen LogP contribution in [0.3, 0.4) is 0 Å². The maximum atomic E-state index is 10.7. The molecule has 0 amide bonds. The van der Waals surface area contributed by atoms with Gasteiger partial charge in [0.05, 0.1) is 4.32 Å². The molecule has 0 aromatic heterocycles. The average Bonchev–Trinajstić information content (AvgIpc) is 2.04. The van der Waals surface area contributed by atoms with Crippen LogP contribution in [0.4, 0.5) is 0 Å². The Bertz CT molecular complexity index is 225. The number of carbonyl (C=O) groups is 1. The van der Waals surface area contributed by atoms with Crippen LogP contribution in [0.5, 0.6) is 0 Å². The number of carboxylic acids is 1. The number of hydrogen-bond acceptors (Lipinski definition) is 2. The highest BCUT2D eigenvalue weighted by atomic mass is 79.9. The van der Waals surface area contributed by atoms with Crippen LogP contribution >= 0.6 is 43.6 Å². The second-order valence-electron chi connectivity index (χ2n) is 2.44. The molecule has 0 saturated carbocycles. The minimum absolute atomic E-state index is 0.428. The van der Waals surface area contributed by atoms with Gasteiger partial charge in [0.2, 0.25) is 0 Å². The van der Waals surface area contributed by atoms with Crippen molar-refractivity contribution in [2.45, 2.75) is 16.5 Å². The van der Waals surface area contributed by atoms with Crippen LogP contribution in [-0.2, 0) is 4.79 Å². The summed E-state index contributed by atoms with van der Waals surface area (Å²) >= 11 is 7.91. The van der Waals surface area contributed by atoms with E-state index < -0.39 is 15.5 Å². The Hall–Kier alpha value is 0.520. The van der Waals surface area contributed by atoms with Gasteiger partial charge in [0.15, 0.2) is 0 Å². The summed E-state index contributed by atoms with van der Waals surface area (Å²) in [5.41, 5.74) is 0. The first-order valence-corrected chi connectivity index (χ1v) is 5.37. The smallest absolute Gasteiger partial charge is 0.318 e. The van der Waals surface area contributed by atoms with Crippen LogP contribution in [0.15, 0.2) is 9.89 Å². The van der Waals surface area contributed by atoms with Crippen molar-refractivity contribution in [3.63, 3.8) is 0 Å². The van der Waals surface area contributed by atoms with Crippen molar-refractivity contribution in [1.29, 1.82) is 0 Å². The third-order valence-electron chi connectivity index (χ3n) is 1.36. The van der Waals surface area contributed by atoms with E-state index in [1.54, 1.807) is 0 Å². The molecule has 2 atom stereocenters. The van der Waals surface area contributed by atoms with Crippen LogP contribution in [0.1, 0.15) is 6.92 Å². The number of thioether (sulfide) groups is 1. The molecule has 1 aliphatic heterocycles. The maximum absolute atomic E-state index is 10.7. The molecule has 1 aliphatic rings. The van der Waals surface area contributed by atoms with E-state index in [1.807, 2.05) is 13.0 Å². The van der Waals surface area contributed by atoms with Gasteiger partial charge < -0.3 is 5.11 Å². The number of hydrogen-bond donors (Lipinski definition) is 1. The highest BCUT2D eigenvalue weighted by Gasteiger charge is 2.41. The first kappa shape index (κ1) is 9.61. The molecule has 0 aliphatic carbocycles. The number of allylic oxidation sites excluding steroid dienone is 1. The minimum Gasteiger partial charge on any atom is -0.480 e. The van der Waals surface area contributed by atoms with Crippen LogP contribution < -0.4 is 0 Å². The highest BCUT2D eigenvalue weighted by Crippen LogP contribution is 2.46. The summed E-state index contributed by atoms with van der Waals surface area (Å²) < 4.78 is 0.451. The normalized spacial score (nSPS) is 37.0. The molecule has 0 bridgehead atoms. The molecule has 0 radical (unpaired) electrons. The Kier molecular flexibility index (Phi) is 2.71. The molecule has 62 valence electrons. The van der Waals surface area contributed by atoms with Crippen molar-refractivity contribution < 1.29 is 9.90 Å². The lowest BCUT2D eigenvalue weighted by Crippen LogP contribution is -2.32. The predicted octanol–water partition coefficient (Wildman–Crippen LogP) is 2.58. The quantitative estimate of drug-likeness (QED) is 0.757. The summed E-state index contributed by atoms with van der Waals surface area (Å²) in [5, 5.41) is 8.33. The molecular formula is C6H6Br2O2S. The minimum atomic E-state index is -0.792. The Morgan fingerprint density at radius 3 is 2.64 bits per heavy atom. The van der Waals surface area contributed by atoms with Gasteiger partial charge in [0, 0.05) is 3.81 Å². The van der Waals surface area contributed by atoms with Crippen molar-refractivity contribution in [3.05, 3.63) is 9.89 Å². The molecule has 0 saturated heterocycles. The fraction of sp³-hybridized carbons (Fsp3) is 0.500. The molecule has 1 N–H and O–H groups in total. The van der Waals surface area contributed by atoms with Gasteiger partial charge in [0.1, 0.15) is 5.25 Å². The lowest BCUT2D eigenvalue weighted by atomic mass is 10.1. The number of aliphatic carboxylic acids is 1. The van der Waals surface area contributed by atoms with E-state index in [0.29, 0.717) is 0 Å². The summed E-state index contributed by atoms with van der Waals surface area (Å²) in [5.74, 6) is -0.792. The van der Waals surface area contributed by atoms with Crippen molar-refractivity contribution in [3.8, 4) is 0 Å². The Labute approximate surface area is 85.7 Å². The molecular weight excluding hydrogens is 296 g/mol. The third kappa shape index (κ3) is 2.00. The first-order valence-electron chi connectivity index (χ1n) is 2.90. The molecule has 5 heteroatoms. The van der Waals surface area contributed by atoms with Crippen molar-refractivity contribution in [2.24, 2.45) is 0 Å². The van der Waals surface area contributed by atoms with Crippen molar-refractivity contribution in [2.75, 3.05) is 0 Å². The van der Waals surface area contributed by atoms with Gasteiger partial charge in [-0.25, -0.2) is 0 Å². The molecule has 2 nitrogen and oxygen atoms in total. The summed E-state index contributed by atoms with van der Waals surface area (Å²) in [7, 11) is 0.